The molecule has 0 bridgehead atoms. The maximum atomic E-state index is 10.6. The average molecular weight is 151 g/mol. The molecule has 3 nitrogen and oxygen atoms in total. The lowest BCUT2D eigenvalue weighted by atomic mass is 10.4. The van der Waals surface area contributed by atoms with Crippen LogP contribution in [0.15, 0.2) is 0 Å². The third kappa shape index (κ3) is 2.32. The standard InChI is InChI=1S/C5H11O3S/c1-4-5(2)9(6,7)8-3/h5H,3-4H2,1-2H3. The summed E-state index contributed by atoms with van der Waals surface area (Å²) in [5, 5.41) is -0.449. The summed E-state index contributed by atoms with van der Waals surface area (Å²) < 4.78 is 25.3. The minimum Gasteiger partial charge on any atom is -0.267 e. The Morgan fingerprint density at radius 2 is 2.11 bits per heavy atom. The van der Waals surface area contributed by atoms with E-state index in [1.54, 1.807) is 13.8 Å². The predicted molar refractivity (Wildman–Crippen MR) is 35.1 cm³/mol. The molecule has 0 saturated heterocycles. The maximum absolute atomic E-state index is 10.6. The highest BCUT2D eigenvalue weighted by Crippen LogP contribution is 2.05. The van der Waals surface area contributed by atoms with Crippen LogP contribution in [0, 0.1) is 7.11 Å². The van der Waals surface area contributed by atoms with Crippen molar-refractivity contribution >= 4 is 10.1 Å². The van der Waals surface area contributed by atoms with Crippen molar-refractivity contribution in [3.63, 3.8) is 0 Å². The van der Waals surface area contributed by atoms with Crippen LogP contribution < -0.4 is 0 Å². The van der Waals surface area contributed by atoms with Gasteiger partial charge < -0.3 is 0 Å². The fraction of sp³-hybridized carbons (Fsp3) is 0.800. The second-order valence-corrected chi connectivity index (χ2v) is 3.86. The molecule has 1 atom stereocenters. The van der Waals surface area contributed by atoms with E-state index in [1.807, 2.05) is 0 Å². The minimum atomic E-state index is -3.36. The van der Waals surface area contributed by atoms with E-state index in [0.29, 0.717) is 6.42 Å². The third-order valence-electron chi connectivity index (χ3n) is 1.23. The van der Waals surface area contributed by atoms with Crippen LogP contribution in [0.1, 0.15) is 20.3 Å². The summed E-state index contributed by atoms with van der Waals surface area (Å²) in [6.45, 7) is 3.36. The van der Waals surface area contributed by atoms with E-state index in [-0.39, 0.29) is 0 Å². The van der Waals surface area contributed by atoms with E-state index in [0.717, 1.165) is 0 Å². The summed E-state index contributed by atoms with van der Waals surface area (Å²) in [6, 6.07) is 0. The Balaban J connectivity index is 4.17. The largest absolute Gasteiger partial charge is 0.270 e. The zero-order valence-electron chi connectivity index (χ0n) is 5.62. The number of hydrogen-bond donors (Lipinski definition) is 0. The molecule has 4 heteroatoms. The number of hydrogen-bond acceptors (Lipinski definition) is 3. The second-order valence-electron chi connectivity index (χ2n) is 1.83. The van der Waals surface area contributed by atoms with E-state index >= 15 is 0 Å². The summed E-state index contributed by atoms with van der Waals surface area (Å²) in [6.07, 6.45) is 0.553. The van der Waals surface area contributed by atoms with Crippen molar-refractivity contribution in [2.24, 2.45) is 0 Å². The Morgan fingerprint density at radius 3 is 2.22 bits per heavy atom. The highest BCUT2D eigenvalue weighted by molar-refractivity contribution is 7.87. The van der Waals surface area contributed by atoms with Crippen LogP contribution in [0.2, 0.25) is 0 Å². The highest BCUT2D eigenvalue weighted by Gasteiger charge is 2.16. The van der Waals surface area contributed by atoms with Gasteiger partial charge in [0.25, 0.3) is 10.1 Å². The monoisotopic (exact) mass is 151 g/mol. The predicted octanol–water partition coefficient (Wildman–Crippen LogP) is 0.923. The van der Waals surface area contributed by atoms with Crippen molar-refractivity contribution in [3.05, 3.63) is 7.11 Å². The van der Waals surface area contributed by atoms with Crippen molar-refractivity contribution in [3.8, 4) is 0 Å². The van der Waals surface area contributed by atoms with Crippen molar-refractivity contribution in [2.75, 3.05) is 0 Å². The SMILES string of the molecule is [CH2]OS(=O)(=O)C(C)CC. The van der Waals surface area contributed by atoms with E-state index < -0.39 is 15.4 Å². The quantitative estimate of drug-likeness (QED) is 0.563. The van der Waals surface area contributed by atoms with Crippen LogP contribution in [0.3, 0.4) is 0 Å². The van der Waals surface area contributed by atoms with Crippen molar-refractivity contribution in [1.29, 1.82) is 0 Å². The van der Waals surface area contributed by atoms with Crippen LogP contribution in [-0.4, -0.2) is 13.7 Å². The first-order valence-corrected chi connectivity index (χ1v) is 4.19. The van der Waals surface area contributed by atoms with Gasteiger partial charge in [0.1, 0.15) is 0 Å². The lowest BCUT2D eigenvalue weighted by Gasteiger charge is -2.05. The van der Waals surface area contributed by atoms with Gasteiger partial charge in [0.05, 0.1) is 12.4 Å². The molecule has 0 N–H and O–H groups in total. The molecular formula is C5H11O3S. The zero-order chi connectivity index (χ0) is 7.49. The third-order valence-corrected chi connectivity index (χ3v) is 2.88. The van der Waals surface area contributed by atoms with Crippen molar-refractivity contribution < 1.29 is 12.6 Å². The fourth-order valence-electron chi connectivity index (χ4n) is 0.320. The van der Waals surface area contributed by atoms with Gasteiger partial charge in [-0.25, -0.2) is 0 Å². The molecule has 1 unspecified atom stereocenters. The Labute approximate surface area is 56.1 Å². The van der Waals surface area contributed by atoms with Crippen LogP contribution in [-0.2, 0) is 14.3 Å². The molecule has 0 spiro atoms. The first-order valence-electron chi connectivity index (χ1n) is 2.72. The zero-order valence-corrected chi connectivity index (χ0v) is 6.44. The average Bonchev–Trinajstić information content (AvgIpc) is 1.86. The Morgan fingerprint density at radius 1 is 1.67 bits per heavy atom. The molecule has 0 aromatic carbocycles. The second kappa shape index (κ2) is 3.17. The molecule has 0 heterocycles. The van der Waals surface area contributed by atoms with Gasteiger partial charge in [-0.2, -0.15) is 8.42 Å². The van der Waals surface area contributed by atoms with Gasteiger partial charge >= 0.3 is 0 Å². The van der Waals surface area contributed by atoms with Gasteiger partial charge in [-0.1, -0.05) is 6.92 Å². The van der Waals surface area contributed by atoms with E-state index in [1.165, 1.54) is 0 Å². The molecule has 0 aliphatic heterocycles. The molecule has 0 aliphatic carbocycles. The smallest absolute Gasteiger partial charge is 0.267 e. The van der Waals surface area contributed by atoms with Crippen molar-refractivity contribution in [1.82, 2.24) is 0 Å². The molecule has 0 aliphatic rings. The van der Waals surface area contributed by atoms with Gasteiger partial charge in [-0.05, 0) is 13.3 Å². The normalized spacial score (nSPS) is 15.4. The lowest BCUT2D eigenvalue weighted by Crippen LogP contribution is -2.16. The summed E-state index contributed by atoms with van der Waals surface area (Å²) in [7, 11) is -0.521. The Hall–Kier alpha value is -0.0900. The molecule has 9 heavy (non-hydrogen) atoms. The van der Waals surface area contributed by atoms with Crippen LogP contribution in [0.5, 0.6) is 0 Å². The van der Waals surface area contributed by atoms with Crippen molar-refractivity contribution in [2.45, 2.75) is 25.5 Å². The number of rotatable bonds is 3. The van der Waals surface area contributed by atoms with Gasteiger partial charge in [0, 0.05) is 0 Å². The lowest BCUT2D eigenvalue weighted by molar-refractivity contribution is 0.426. The molecule has 55 valence electrons. The molecule has 0 aromatic heterocycles. The van der Waals surface area contributed by atoms with Gasteiger partial charge in [-0.3, -0.25) is 4.18 Å². The van der Waals surface area contributed by atoms with Gasteiger partial charge in [0.2, 0.25) is 0 Å². The molecule has 0 rings (SSSR count). The molecule has 0 saturated carbocycles. The van der Waals surface area contributed by atoms with Crippen LogP contribution in [0.4, 0.5) is 0 Å². The summed E-state index contributed by atoms with van der Waals surface area (Å²) in [4.78, 5) is 0. The Kier molecular flexibility index (Phi) is 3.14. The molecule has 0 aromatic rings. The molecule has 1 radical (unpaired) electrons. The first-order chi connectivity index (χ1) is 4.04. The van der Waals surface area contributed by atoms with Gasteiger partial charge in [-0.15, -0.1) is 0 Å². The van der Waals surface area contributed by atoms with E-state index in [4.69, 9.17) is 0 Å². The van der Waals surface area contributed by atoms with E-state index in [2.05, 4.69) is 11.3 Å². The van der Waals surface area contributed by atoms with Crippen LogP contribution in [0.25, 0.3) is 0 Å². The summed E-state index contributed by atoms with van der Waals surface area (Å²) >= 11 is 0. The first kappa shape index (κ1) is 8.91. The van der Waals surface area contributed by atoms with E-state index in [9.17, 15) is 8.42 Å². The topological polar surface area (TPSA) is 43.4 Å². The summed E-state index contributed by atoms with van der Waals surface area (Å²) in [5.41, 5.74) is 0. The highest BCUT2D eigenvalue weighted by atomic mass is 32.2. The minimum absolute atomic E-state index is 0.449. The Bertz CT molecular complexity index is 159. The molecular weight excluding hydrogens is 140 g/mol. The van der Waals surface area contributed by atoms with Crippen LogP contribution >= 0.6 is 0 Å². The van der Waals surface area contributed by atoms with Gasteiger partial charge in [0.15, 0.2) is 0 Å². The molecule has 0 amide bonds. The molecule has 0 fully saturated rings. The maximum Gasteiger partial charge on any atom is 0.270 e. The fourth-order valence-corrected chi connectivity index (χ4v) is 0.961. The summed E-state index contributed by atoms with van der Waals surface area (Å²) in [5.74, 6) is 0.